The summed E-state index contributed by atoms with van der Waals surface area (Å²) >= 11 is 7.73. The standard InChI is InChI=1S/C20H24ClN3O2S/c21-17-7-3-2-6-15(17)12-22-19(25)20(26)23-13-18(16-8-11-27-14-16)24-9-4-1-5-10-24/h2-3,6-8,11,14,18H,1,4-5,9-10,12-13H2,(H,22,25)(H,23,26). The number of nitrogens with one attached hydrogen (secondary N) is 2. The van der Waals surface area contributed by atoms with Crippen LogP contribution in [0, 0.1) is 0 Å². The Kier molecular flexibility index (Phi) is 7.26. The highest BCUT2D eigenvalue weighted by Gasteiger charge is 2.24. The number of carbonyl (C=O) groups is 2. The highest BCUT2D eigenvalue weighted by atomic mass is 35.5. The zero-order valence-electron chi connectivity index (χ0n) is 15.1. The summed E-state index contributed by atoms with van der Waals surface area (Å²) in [6, 6.07) is 9.45. The lowest BCUT2D eigenvalue weighted by Crippen LogP contribution is -2.45. The Hall–Kier alpha value is -1.89. The van der Waals surface area contributed by atoms with Crippen molar-refractivity contribution in [1.82, 2.24) is 15.5 Å². The maximum absolute atomic E-state index is 12.2. The minimum Gasteiger partial charge on any atom is -0.346 e. The average Bonchev–Trinajstić information content (AvgIpc) is 3.22. The van der Waals surface area contributed by atoms with Crippen LogP contribution in [0.25, 0.3) is 0 Å². The number of rotatable bonds is 6. The predicted molar refractivity (Wildman–Crippen MR) is 109 cm³/mol. The number of hydrogen-bond acceptors (Lipinski definition) is 4. The van der Waals surface area contributed by atoms with Crippen molar-refractivity contribution in [3.63, 3.8) is 0 Å². The molecular weight excluding hydrogens is 382 g/mol. The number of likely N-dealkylation sites (tertiary alicyclic amines) is 1. The molecule has 1 aromatic heterocycles. The number of amides is 2. The first-order valence-corrected chi connectivity index (χ1v) is 10.5. The Bertz CT molecular complexity index is 760. The fourth-order valence-electron chi connectivity index (χ4n) is 3.32. The molecule has 1 aliphatic rings. The Morgan fingerprint density at radius 2 is 1.81 bits per heavy atom. The van der Waals surface area contributed by atoms with E-state index in [1.807, 2.05) is 23.6 Å². The van der Waals surface area contributed by atoms with Crippen molar-refractivity contribution in [1.29, 1.82) is 0 Å². The molecule has 1 aromatic carbocycles. The van der Waals surface area contributed by atoms with Gasteiger partial charge in [0, 0.05) is 18.1 Å². The van der Waals surface area contributed by atoms with Gasteiger partial charge >= 0.3 is 11.8 Å². The molecule has 1 atom stereocenters. The minimum absolute atomic E-state index is 0.108. The van der Waals surface area contributed by atoms with Gasteiger partial charge in [-0.2, -0.15) is 11.3 Å². The van der Waals surface area contributed by atoms with E-state index in [0.717, 1.165) is 18.7 Å². The molecular formula is C20H24ClN3O2S. The van der Waals surface area contributed by atoms with Crippen LogP contribution in [0.1, 0.15) is 36.4 Å². The van der Waals surface area contributed by atoms with Gasteiger partial charge in [0.05, 0.1) is 6.04 Å². The number of hydrogen-bond donors (Lipinski definition) is 2. The third-order valence-corrected chi connectivity index (χ3v) is 5.89. The average molecular weight is 406 g/mol. The second-order valence-electron chi connectivity index (χ2n) is 6.65. The van der Waals surface area contributed by atoms with Crippen LogP contribution in [0.4, 0.5) is 0 Å². The smallest absolute Gasteiger partial charge is 0.309 e. The maximum Gasteiger partial charge on any atom is 0.309 e. The SMILES string of the molecule is O=C(NCc1ccccc1Cl)C(=O)NCC(c1ccsc1)N1CCCCC1. The normalized spacial score (nSPS) is 15.9. The Morgan fingerprint density at radius 1 is 1.07 bits per heavy atom. The van der Waals surface area contributed by atoms with Crippen LogP contribution < -0.4 is 10.6 Å². The van der Waals surface area contributed by atoms with Gasteiger partial charge < -0.3 is 10.6 Å². The molecule has 2 aromatic rings. The molecule has 1 saturated heterocycles. The molecule has 1 fully saturated rings. The number of carbonyl (C=O) groups excluding carboxylic acids is 2. The zero-order valence-corrected chi connectivity index (χ0v) is 16.7. The molecule has 144 valence electrons. The van der Waals surface area contributed by atoms with Crippen LogP contribution >= 0.6 is 22.9 Å². The molecule has 3 rings (SSSR count). The molecule has 0 aliphatic carbocycles. The Labute approximate surface area is 168 Å². The van der Waals surface area contributed by atoms with E-state index in [9.17, 15) is 9.59 Å². The molecule has 0 saturated carbocycles. The minimum atomic E-state index is -0.641. The zero-order chi connectivity index (χ0) is 19.1. The summed E-state index contributed by atoms with van der Waals surface area (Å²) in [7, 11) is 0. The van der Waals surface area contributed by atoms with Crippen molar-refractivity contribution in [3.8, 4) is 0 Å². The highest BCUT2D eigenvalue weighted by Crippen LogP contribution is 2.25. The summed E-state index contributed by atoms with van der Waals surface area (Å²) in [6.45, 7) is 2.70. The third-order valence-electron chi connectivity index (χ3n) is 4.82. The fraction of sp³-hybridized carbons (Fsp3) is 0.400. The molecule has 27 heavy (non-hydrogen) atoms. The van der Waals surface area contributed by atoms with E-state index in [2.05, 4.69) is 27.0 Å². The third kappa shape index (κ3) is 5.54. The van der Waals surface area contributed by atoms with Crippen LogP contribution in [-0.4, -0.2) is 36.3 Å². The second kappa shape index (κ2) is 9.88. The van der Waals surface area contributed by atoms with Gasteiger partial charge in [-0.3, -0.25) is 14.5 Å². The molecule has 7 heteroatoms. The second-order valence-corrected chi connectivity index (χ2v) is 7.84. The summed E-state index contributed by atoms with van der Waals surface area (Å²) in [4.78, 5) is 26.8. The molecule has 1 unspecified atom stereocenters. The lowest BCUT2D eigenvalue weighted by Gasteiger charge is -2.34. The Balaban J connectivity index is 1.53. The maximum atomic E-state index is 12.2. The topological polar surface area (TPSA) is 61.4 Å². The number of thiophene rings is 1. The number of halogens is 1. The molecule has 0 radical (unpaired) electrons. The lowest BCUT2D eigenvalue weighted by molar-refractivity contribution is -0.139. The number of piperidine rings is 1. The lowest BCUT2D eigenvalue weighted by atomic mass is 10.0. The van der Waals surface area contributed by atoms with Crippen molar-refractivity contribution >= 4 is 34.8 Å². The summed E-state index contributed by atoms with van der Waals surface area (Å²) in [5.74, 6) is -1.25. The van der Waals surface area contributed by atoms with Gasteiger partial charge in [-0.05, 0) is 60.0 Å². The first-order valence-electron chi connectivity index (χ1n) is 9.20. The molecule has 2 amide bonds. The number of benzene rings is 1. The molecule has 0 bridgehead atoms. The van der Waals surface area contributed by atoms with Crippen molar-refractivity contribution in [3.05, 3.63) is 57.2 Å². The summed E-state index contributed by atoms with van der Waals surface area (Å²) < 4.78 is 0. The fourth-order valence-corrected chi connectivity index (χ4v) is 4.23. The summed E-state index contributed by atoms with van der Waals surface area (Å²) in [5.41, 5.74) is 1.98. The van der Waals surface area contributed by atoms with Crippen LogP contribution in [0.2, 0.25) is 5.02 Å². The molecule has 1 aliphatic heterocycles. The Morgan fingerprint density at radius 3 is 2.52 bits per heavy atom. The largest absolute Gasteiger partial charge is 0.346 e. The molecule has 2 N–H and O–H groups in total. The van der Waals surface area contributed by atoms with Crippen LogP contribution in [0.15, 0.2) is 41.1 Å². The van der Waals surface area contributed by atoms with Gasteiger partial charge in [-0.15, -0.1) is 0 Å². The van der Waals surface area contributed by atoms with E-state index in [1.165, 1.54) is 24.8 Å². The van der Waals surface area contributed by atoms with Gasteiger partial charge in [0.15, 0.2) is 0 Å². The highest BCUT2D eigenvalue weighted by molar-refractivity contribution is 7.08. The van der Waals surface area contributed by atoms with E-state index >= 15 is 0 Å². The summed E-state index contributed by atoms with van der Waals surface area (Å²) in [6.07, 6.45) is 3.60. The van der Waals surface area contributed by atoms with Gasteiger partial charge in [-0.25, -0.2) is 0 Å². The molecule has 0 spiro atoms. The van der Waals surface area contributed by atoms with Crippen molar-refractivity contribution < 1.29 is 9.59 Å². The van der Waals surface area contributed by atoms with Gasteiger partial charge in [0.2, 0.25) is 0 Å². The van der Waals surface area contributed by atoms with Gasteiger partial charge in [-0.1, -0.05) is 36.2 Å². The van der Waals surface area contributed by atoms with Crippen LogP contribution in [-0.2, 0) is 16.1 Å². The monoisotopic (exact) mass is 405 g/mol. The predicted octanol–water partition coefficient (Wildman–Crippen LogP) is 3.36. The first-order chi connectivity index (χ1) is 13.1. The quantitative estimate of drug-likeness (QED) is 0.724. The van der Waals surface area contributed by atoms with Gasteiger partial charge in [0.1, 0.15) is 0 Å². The van der Waals surface area contributed by atoms with E-state index in [4.69, 9.17) is 11.6 Å². The molecule has 5 nitrogen and oxygen atoms in total. The molecule has 2 heterocycles. The van der Waals surface area contributed by atoms with Crippen molar-refractivity contribution in [2.24, 2.45) is 0 Å². The summed E-state index contributed by atoms with van der Waals surface area (Å²) in [5, 5.41) is 10.2. The van der Waals surface area contributed by atoms with Gasteiger partial charge in [0.25, 0.3) is 0 Å². The van der Waals surface area contributed by atoms with Crippen molar-refractivity contribution in [2.45, 2.75) is 31.8 Å². The van der Waals surface area contributed by atoms with Crippen LogP contribution in [0.3, 0.4) is 0 Å². The first kappa shape index (κ1) is 19.9. The number of nitrogens with zero attached hydrogens (tertiary/aromatic N) is 1. The van der Waals surface area contributed by atoms with E-state index in [-0.39, 0.29) is 12.6 Å². The van der Waals surface area contributed by atoms with Crippen LogP contribution in [0.5, 0.6) is 0 Å². The van der Waals surface area contributed by atoms with E-state index in [0.29, 0.717) is 11.6 Å². The van der Waals surface area contributed by atoms with E-state index in [1.54, 1.807) is 17.4 Å². The van der Waals surface area contributed by atoms with E-state index < -0.39 is 11.8 Å². The van der Waals surface area contributed by atoms with Crippen molar-refractivity contribution in [2.75, 3.05) is 19.6 Å².